The number of halogens is 1. The first kappa shape index (κ1) is 20.0. The average molecular weight is 400 g/mol. The minimum Gasteiger partial charge on any atom is -0.503 e. The van der Waals surface area contributed by atoms with Gasteiger partial charge in [0.05, 0.1) is 11.6 Å². The number of hydrogen-bond donors (Lipinski definition) is 2. The number of phenols is 1. The van der Waals surface area contributed by atoms with Crippen molar-refractivity contribution in [2.75, 3.05) is 13.7 Å². The molecule has 0 radical (unpaired) electrons. The summed E-state index contributed by atoms with van der Waals surface area (Å²) in [5, 5.41) is 12.5. The molecule has 0 aliphatic heterocycles. The molecule has 2 N–H and O–H groups in total. The molecular formula is C17H22BrNO5. The van der Waals surface area contributed by atoms with Crippen LogP contribution in [0, 0.1) is 0 Å². The second-order valence-corrected chi connectivity index (χ2v) is 6.11. The van der Waals surface area contributed by atoms with Crippen LogP contribution in [0.25, 0.3) is 6.08 Å². The fourth-order valence-corrected chi connectivity index (χ4v) is 2.48. The van der Waals surface area contributed by atoms with E-state index in [0.29, 0.717) is 10.0 Å². The third-order valence-electron chi connectivity index (χ3n) is 3.16. The molecule has 0 bridgehead atoms. The van der Waals surface area contributed by atoms with Crippen LogP contribution in [0.5, 0.6) is 11.5 Å². The molecular weight excluding hydrogens is 378 g/mol. The molecule has 0 aliphatic rings. The van der Waals surface area contributed by atoms with Crippen LogP contribution in [0.15, 0.2) is 22.7 Å². The van der Waals surface area contributed by atoms with E-state index < -0.39 is 5.97 Å². The zero-order chi connectivity index (χ0) is 18.1. The van der Waals surface area contributed by atoms with Gasteiger partial charge in [-0.15, -0.1) is 0 Å². The van der Waals surface area contributed by atoms with Crippen LogP contribution in [-0.4, -0.2) is 36.7 Å². The van der Waals surface area contributed by atoms with Crippen LogP contribution >= 0.6 is 15.9 Å². The summed E-state index contributed by atoms with van der Waals surface area (Å²) in [7, 11) is 1.43. The van der Waals surface area contributed by atoms with Gasteiger partial charge in [-0.1, -0.05) is 13.3 Å². The van der Waals surface area contributed by atoms with Crippen molar-refractivity contribution in [2.24, 2.45) is 0 Å². The first-order chi connectivity index (χ1) is 11.4. The van der Waals surface area contributed by atoms with E-state index in [0.717, 1.165) is 12.8 Å². The Labute approximate surface area is 150 Å². The Hall–Kier alpha value is -2.02. The van der Waals surface area contributed by atoms with E-state index in [1.807, 2.05) is 13.8 Å². The van der Waals surface area contributed by atoms with Crippen LogP contribution in [0.3, 0.4) is 0 Å². The first-order valence-electron chi connectivity index (χ1n) is 7.58. The highest BCUT2D eigenvalue weighted by Crippen LogP contribution is 2.35. The summed E-state index contributed by atoms with van der Waals surface area (Å²) in [5.41, 5.74) is 0.634. The zero-order valence-electron chi connectivity index (χ0n) is 14.0. The summed E-state index contributed by atoms with van der Waals surface area (Å²) in [6.45, 7) is 3.61. The lowest BCUT2D eigenvalue weighted by molar-refractivity contribution is -0.144. The maximum absolute atomic E-state index is 11.7. The van der Waals surface area contributed by atoms with E-state index in [4.69, 9.17) is 9.47 Å². The van der Waals surface area contributed by atoms with Crippen LogP contribution in [-0.2, 0) is 14.3 Å². The minimum absolute atomic E-state index is 0.0184. The van der Waals surface area contributed by atoms with E-state index >= 15 is 0 Å². The van der Waals surface area contributed by atoms with Crippen molar-refractivity contribution < 1.29 is 24.2 Å². The van der Waals surface area contributed by atoms with Gasteiger partial charge < -0.3 is 19.9 Å². The minimum atomic E-state index is -0.628. The Morgan fingerprint density at radius 1 is 1.42 bits per heavy atom. The van der Waals surface area contributed by atoms with Gasteiger partial charge in [-0.3, -0.25) is 4.79 Å². The number of phenolic OH excluding ortho intramolecular Hbond substituents is 1. The predicted octanol–water partition coefficient (Wildman–Crippen LogP) is 3.02. The van der Waals surface area contributed by atoms with Gasteiger partial charge in [-0.25, -0.2) is 4.79 Å². The summed E-state index contributed by atoms with van der Waals surface area (Å²) in [6, 6.07) is 3.25. The lowest BCUT2D eigenvalue weighted by atomic mass is 10.2. The molecule has 1 rings (SSSR count). The van der Waals surface area contributed by atoms with Crippen molar-refractivity contribution in [3.8, 4) is 11.5 Å². The van der Waals surface area contributed by atoms with Gasteiger partial charge in [0.15, 0.2) is 18.1 Å². The maximum atomic E-state index is 11.7. The molecule has 0 heterocycles. The standard InChI is InChI=1S/C17H22BrNO5/c1-4-5-11(2)19-15(20)10-24-16(21)7-6-12-8-13(18)17(22)14(9-12)23-3/h6-9,11,22H,4-5,10H2,1-3H3,(H,19,20)/b7-6+/t11-/m0/s1. The Morgan fingerprint density at radius 3 is 2.75 bits per heavy atom. The molecule has 6 nitrogen and oxygen atoms in total. The van der Waals surface area contributed by atoms with Gasteiger partial charge in [-0.2, -0.15) is 0 Å². The number of hydrogen-bond acceptors (Lipinski definition) is 5. The van der Waals surface area contributed by atoms with Gasteiger partial charge in [0, 0.05) is 12.1 Å². The molecule has 1 atom stereocenters. The molecule has 0 aliphatic carbocycles. The summed E-state index contributed by atoms with van der Waals surface area (Å²) in [6.07, 6.45) is 4.56. The molecule has 24 heavy (non-hydrogen) atoms. The number of rotatable bonds is 8. The molecule has 0 spiro atoms. The molecule has 0 aromatic heterocycles. The molecule has 132 valence electrons. The molecule has 7 heteroatoms. The molecule has 0 saturated carbocycles. The lowest BCUT2D eigenvalue weighted by Crippen LogP contribution is -2.35. The van der Waals surface area contributed by atoms with Crippen LogP contribution in [0.2, 0.25) is 0 Å². The van der Waals surface area contributed by atoms with Crippen molar-refractivity contribution in [1.29, 1.82) is 0 Å². The van der Waals surface area contributed by atoms with Crippen molar-refractivity contribution in [3.63, 3.8) is 0 Å². The monoisotopic (exact) mass is 399 g/mol. The van der Waals surface area contributed by atoms with E-state index in [9.17, 15) is 14.7 Å². The van der Waals surface area contributed by atoms with Crippen LogP contribution < -0.4 is 10.1 Å². The van der Waals surface area contributed by atoms with Crippen molar-refractivity contribution in [3.05, 3.63) is 28.2 Å². The smallest absolute Gasteiger partial charge is 0.331 e. The average Bonchev–Trinajstić information content (AvgIpc) is 2.54. The summed E-state index contributed by atoms with van der Waals surface area (Å²) >= 11 is 3.20. The summed E-state index contributed by atoms with van der Waals surface area (Å²) in [5.74, 6) is -0.694. The Bertz CT molecular complexity index is 615. The Morgan fingerprint density at radius 2 is 2.12 bits per heavy atom. The van der Waals surface area contributed by atoms with Crippen molar-refractivity contribution >= 4 is 33.9 Å². The third kappa shape index (κ3) is 6.62. The molecule has 0 saturated heterocycles. The number of methoxy groups -OCH3 is 1. The number of benzene rings is 1. The topological polar surface area (TPSA) is 84.9 Å². The van der Waals surface area contributed by atoms with Gasteiger partial charge in [0.1, 0.15) is 0 Å². The SMILES string of the molecule is CCC[C@H](C)NC(=O)COC(=O)/C=C/c1cc(Br)c(O)c(OC)c1. The fraction of sp³-hybridized carbons (Fsp3) is 0.412. The number of nitrogens with one attached hydrogen (secondary N) is 1. The number of aromatic hydroxyl groups is 1. The summed E-state index contributed by atoms with van der Waals surface area (Å²) < 4.78 is 10.4. The fourth-order valence-electron chi connectivity index (χ4n) is 2.02. The number of ether oxygens (including phenoxy) is 2. The zero-order valence-corrected chi connectivity index (χ0v) is 15.6. The van der Waals surface area contributed by atoms with Crippen LogP contribution in [0.1, 0.15) is 32.3 Å². The van der Waals surface area contributed by atoms with E-state index in [-0.39, 0.29) is 30.1 Å². The summed E-state index contributed by atoms with van der Waals surface area (Å²) in [4.78, 5) is 23.3. The highest BCUT2D eigenvalue weighted by atomic mass is 79.9. The largest absolute Gasteiger partial charge is 0.503 e. The highest BCUT2D eigenvalue weighted by Gasteiger charge is 2.09. The number of esters is 1. The van der Waals surface area contributed by atoms with E-state index in [1.54, 1.807) is 12.1 Å². The number of carbonyl (C=O) groups excluding carboxylic acids is 2. The molecule has 0 fully saturated rings. The van der Waals surface area contributed by atoms with Gasteiger partial charge in [0.25, 0.3) is 5.91 Å². The van der Waals surface area contributed by atoms with E-state index in [2.05, 4.69) is 21.2 Å². The normalized spacial score (nSPS) is 12.0. The third-order valence-corrected chi connectivity index (χ3v) is 3.76. The quantitative estimate of drug-likeness (QED) is 0.518. The highest BCUT2D eigenvalue weighted by molar-refractivity contribution is 9.10. The molecule has 0 unspecified atom stereocenters. The Balaban J connectivity index is 2.55. The van der Waals surface area contributed by atoms with Crippen molar-refractivity contribution in [1.82, 2.24) is 5.32 Å². The van der Waals surface area contributed by atoms with Gasteiger partial charge >= 0.3 is 5.97 Å². The Kier molecular flexibility index (Phi) is 8.32. The molecule has 1 aromatic rings. The lowest BCUT2D eigenvalue weighted by Gasteiger charge is -2.12. The van der Waals surface area contributed by atoms with Gasteiger partial charge in [-0.05, 0) is 53.0 Å². The number of amides is 1. The number of carbonyl (C=O) groups is 2. The van der Waals surface area contributed by atoms with Crippen LogP contribution in [0.4, 0.5) is 0 Å². The second kappa shape index (κ2) is 9.97. The second-order valence-electron chi connectivity index (χ2n) is 5.25. The van der Waals surface area contributed by atoms with Crippen molar-refractivity contribution in [2.45, 2.75) is 32.7 Å². The molecule has 1 aromatic carbocycles. The van der Waals surface area contributed by atoms with E-state index in [1.165, 1.54) is 19.3 Å². The maximum Gasteiger partial charge on any atom is 0.331 e. The van der Waals surface area contributed by atoms with Gasteiger partial charge in [0.2, 0.25) is 0 Å². The predicted molar refractivity (Wildman–Crippen MR) is 94.9 cm³/mol. The first-order valence-corrected chi connectivity index (χ1v) is 8.37. The molecule has 1 amide bonds.